The Labute approximate surface area is 157 Å². The van der Waals surface area contributed by atoms with Crippen molar-refractivity contribution in [1.82, 2.24) is 9.55 Å². The first-order valence-electron chi connectivity index (χ1n) is 9.31. The van der Waals surface area contributed by atoms with Crippen molar-refractivity contribution < 1.29 is 9.47 Å². The van der Waals surface area contributed by atoms with Crippen LogP contribution < -0.4 is 31.4 Å². The predicted octanol–water partition coefficient (Wildman–Crippen LogP) is 1.72. The maximum atomic E-state index is 12.5. The van der Waals surface area contributed by atoms with Gasteiger partial charge in [0.05, 0.1) is 0 Å². The molecule has 146 valence electrons. The van der Waals surface area contributed by atoms with Gasteiger partial charge in [-0.2, -0.15) is 0 Å². The van der Waals surface area contributed by atoms with Gasteiger partial charge in [-0.15, -0.1) is 0 Å². The van der Waals surface area contributed by atoms with Gasteiger partial charge in [0.2, 0.25) is 0 Å². The molecule has 0 spiro atoms. The molecule has 0 bridgehead atoms. The number of hydrogen-bond acceptors (Lipinski definition) is 6. The third-order valence-electron chi connectivity index (χ3n) is 4.66. The summed E-state index contributed by atoms with van der Waals surface area (Å²) >= 11 is 0. The second-order valence-electron chi connectivity index (χ2n) is 6.45. The second kappa shape index (κ2) is 8.20. The molecular formula is C19H26N4O4. The maximum absolute atomic E-state index is 12.5. The molecule has 0 amide bonds. The van der Waals surface area contributed by atoms with Crippen molar-refractivity contribution in [3.63, 3.8) is 0 Å². The number of benzene rings is 1. The number of aromatic nitrogens is 2. The van der Waals surface area contributed by atoms with E-state index in [-0.39, 0.29) is 5.82 Å². The highest BCUT2D eigenvalue weighted by Crippen LogP contribution is 2.35. The number of nitrogens with zero attached hydrogens (tertiary/aromatic N) is 2. The molecule has 1 aliphatic rings. The minimum Gasteiger partial charge on any atom is -0.486 e. The highest BCUT2D eigenvalue weighted by atomic mass is 16.6. The minimum atomic E-state index is -0.478. The summed E-state index contributed by atoms with van der Waals surface area (Å²) in [7, 11) is 0. The number of nitrogens with one attached hydrogen (secondary N) is 1. The van der Waals surface area contributed by atoms with Gasteiger partial charge in [0.25, 0.3) is 5.56 Å². The van der Waals surface area contributed by atoms with Crippen molar-refractivity contribution in [3.05, 3.63) is 44.6 Å². The summed E-state index contributed by atoms with van der Waals surface area (Å²) in [5, 5.41) is 0. The monoisotopic (exact) mass is 374 g/mol. The van der Waals surface area contributed by atoms with E-state index < -0.39 is 11.2 Å². The number of aromatic amines is 1. The number of nitrogens with two attached hydrogens (primary N) is 1. The third-order valence-corrected chi connectivity index (χ3v) is 4.66. The summed E-state index contributed by atoms with van der Waals surface area (Å²) < 4.78 is 12.8. The topological polar surface area (TPSA) is 103 Å². The van der Waals surface area contributed by atoms with E-state index in [2.05, 4.69) is 4.98 Å². The molecule has 0 saturated heterocycles. The fourth-order valence-corrected chi connectivity index (χ4v) is 3.23. The van der Waals surface area contributed by atoms with Crippen LogP contribution in [-0.4, -0.2) is 29.3 Å². The highest BCUT2D eigenvalue weighted by molar-refractivity contribution is 5.63. The van der Waals surface area contributed by atoms with E-state index in [0.29, 0.717) is 50.0 Å². The van der Waals surface area contributed by atoms with Gasteiger partial charge in [-0.05, 0) is 19.4 Å². The van der Waals surface area contributed by atoms with Gasteiger partial charge < -0.3 is 20.1 Å². The first-order valence-corrected chi connectivity index (χ1v) is 9.31. The summed E-state index contributed by atoms with van der Waals surface area (Å²) in [4.78, 5) is 28.9. The molecular weight excluding hydrogens is 348 g/mol. The van der Waals surface area contributed by atoms with E-state index in [9.17, 15) is 9.59 Å². The molecule has 0 fully saturated rings. The number of H-pyrrole nitrogens is 1. The number of hydrogen-bond donors (Lipinski definition) is 2. The van der Waals surface area contributed by atoms with Crippen LogP contribution in [-0.2, 0) is 13.1 Å². The molecule has 1 aromatic carbocycles. The Hall–Kier alpha value is -2.90. The van der Waals surface area contributed by atoms with Crippen molar-refractivity contribution in [3.8, 4) is 11.5 Å². The summed E-state index contributed by atoms with van der Waals surface area (Å²) in [6.45, 7) is 6.41. The van der Waals surface area contributed by atoms with Gasteiger partial charge >= 0.3 is 5.69 Å². The molecule has 8 nitrogen and oxygen atoms in total. The lowest BCUT2D eigenvalue weighted by Crippen LogP contribution is -2.38. The van der Waals surface area contributed by atoms with Crippen LogP contribution in [0, 0.1) is 0 Å². The average molecular weight is 374 g/mol. The van der Waals surface area contributed by atoms with Gasteiger partial charge in [-0.1, -0.05) is 25.5 Å². The van der Waals surface area contributed by atoms with Gasteiger partial charge in [0, 0.05) is 25.2 Å². The molecule has 3 N–H and O–H groups in total. The van der Waals surface area contributed by atoms with E-state index in [0.717, 1.165) is 18.4 Å². The molecule has 3 rings (SSSR count). The van der Waals surface area contributed by atoms with Crippen LogP contribution in [0.4, 0.5) is 11.5 Å². The molecule has 27 heavy (non-hydrogen) atoms. The second-order valence-corrected chi connectivity index (χ2v) is 6.45. The van der Waals surface area contributed by atoms with Crippen LogP contribution in [0.3, 0.4) is 0 Å². The van der Waals surface area contributed by atoms with Crippen LogP contribution in [0.5, 0.6) is 11.5 Å². The standard InChI is InChI=1S/C19H26N4O4/c1-3-5-9-23-17(20)15(18(24)21-19(23)25)22(4-2)12-13-7-6-8-14-16(13)27-11-10-26-14/h6-8H,3-5,9-12,20H2,1-2H3,(H,21,24,25). The third kappa shape index (κ3) is 3.79. The molecule has 2 aromatic rings. The molecule has 0 unspecified atom stereocenters. The Morgan fingerprint density at radius 1 is 1.22 bits per heavy atom. The van der Waals surface area contributed by atoms with Crippen LogP contribution in [0.1, 0.15) is 32.3 Å². The number of anilines is 2. The van der Waals surface area contributed by atoms with E-state index in [1.807, 2.05) is 36.9 Å². The van der Waals surface area contributed by atoms with Crippen LogP contribution in [0.2, 0.25) is 0 Å². The number of para-hydroxylation sites is 1. The minimum absolute atomic E-state index is 0.195. The lowest BCUT2D eigenvalue weighted by Gasteiger charge is -2.27. The Morgan fingerprint density at radius 2 is 2.00 bits per heavy atom. The van der Waals surface area contributed by atoms with Gasteiger partial charge in [-0.25, -0.2) is 4.79 Å². The summed E-state index contributed by atoms with van der Waals surface area (Å²) in [6.07, 6.45) is 1.73. The number of fused-ring (bicyclic) bond motifs is 1. The van der Waals surface area contributed by atoms with Gasteiger partial charge in [-0.3, -0.25) is 14.3 Å². The lowest BCUT2D eigenvalue weighted by atomic mass is 10.1. The number of nitrogen functional groups attached to an aromatic ring is 1. The Balaban J connectivity index is 1.99. The zero-order chi connectivity index (χ0) is 19.4. The Morgan fingerprint density at radius 3 is 2.74 bits per heavy atom. The summed E-state index contributed by atoms with van der Waals surface area (Å²) in [5.41, 5.74) is 6.50. The molecule has 0 atom stereocenters. The van der Waals surface area contributed by atoms with E-state index in [4.69, 9.17) is 15.2 Å². The van der Waals surface area contributed by atoms with E-state index >= 15 is 0 Å². The average Bonchev–Trinajstić information content (AvgIpc) is 2.67. The molecule has 0 aliphatic carbocycles. The Bertz CT molecular complexity index is 919. The molecule has 0 radical (unpaired) electrons. The zero-order valence-corrected chi connectivity index (χ0v) is 15.8. The van der Waals surface area contributed by atoms with E-state index in [1.165, 1.54) is 4.57 Å². The molecule has 1 aromatic heterocycles. The number of rotatable bonds is 7. The van der Waals surface area contributed by atoms with Crippen LogP contribution in [0.15, 0.2) is 27.8 Å². The van der Waals surface area contributed by atoms with Crippen molar-refractivity contribution >= 4 is 11.5 Å². The van der Waals surface area contributed by atoms with Crippen molar-refractivity contribution in [2.45, 2.75) is 39.8 Å². The van der Waals surface area contributed by atoms with Gasteiger partial charge in [0.1, 0.15) is 24.7 Å². The SMILES string of the molecule is CCCCn1c(N)c(N(CC)Cc2cccc3c2OCCO3)c(=O)[nH]c1=O. The van der Waals surface area contributed by atoms with E-state index in [1.54, 1.807) is 0 Å². The fraction of sp³-hybridized carbons (Fsp3) is 0.474. The lowest BCUT2D eigenvalue weighted by molar-refractivity contribution is 0.170. The smallest absolute Gasteiger partial charge is 0.330 e. The van der Waals surface area contributed by atoms with Crippen LogP contribution >= 0.6 is 0 Å². The van der Waals surface area contributed by atoms with Crippen LogP contribution in [0.25, 0.3) is 0 Å². The van der Waals surface area contributed by atoms with Crippen molar-refractivity contribution in [2.24, 2.45) is 0 Å². The van der Waals surface area contributed by atoms with Gasteiger partial charge in [0.15, 0.2) is 11.5 Å². The quantitative estimate of drug-likeness (QED) is 0.765. The summed E-state index contributed by atoms with van der Waals surface area (Å²) in [6, 6.07) is 5.69. The number of unbranched alkanes of at least 4 members (excludes halogenated alkanes) is 1. The number of ether oxygens (including phenoxy) is 2. The first-order chi connectivity index (χ1) is 13.1. The normalized spacial score (nSPS) is 12.8. The molecule has 8 heteroatoms. The predicted molar refractivity (Wildman–Crippen MR) is 105 cm³/mol. The first kappa shape index (κ1) is 18.9. The zero-order valence-electron chi connectivity index (χ0n) is 15.8. The maximum Gasteiger partial charge on any atom is 0.330 e. The largest absolute Gasteiger partial charge is 0.486 e. The summed E-state index contributed by atoms with van der Waals surface area (Å²) in [5.74, 6) is 1.59. The fourth-order valence-electron chi connectivity index (χ4n) is 3.23. The molecule has 2 heterocycles. The molecule has 1 aliphatic heterocycles. The highest BCUT2D eigenvalue weighted by Gasteiger charge is 2.21. The van der Waals surface area contributed by atoms with Crippen molar-refractivity contribution in [1.29, 1.82) is 0 Å². The Kier molecular flexibility index (Phi) is 5.73. The van der Waals surface area contributed by atoms with Crippen molar-refractivity contribution in [2.75, 3.05) is 30.4 Å². The molecule has 0 saturated carbocycles.